The van der Waals surface area contributed by atoms with Gasteiger partial charge in [0.1, 0.15) is 5.78 Å². The van der Waals surface area contributed by atoms with Gasteiger partial charge in [0, 0.05) is 24.4 Å². The Morgan fingerprint density at radius 1 is 1.05 bits per heavy atom. The Labute approximate surface area is 137 Å². The van der Waals surface area contributed by atoms with Crippen LogP contribution in [0.3, 0.4) is 0 Å². The van der Waals surface area contributed by atoms with E-state index >= 15 is 0 Å². The van der Waals surface area contributed by atoms with Gasteiger partial charge in [-0.05, 0) is 52.0 Å². The maximum Gasteiger partial charge on any atom is 0.136 e. The first-order valence-corrected chi connectivity index (χ1v) is 9.58. The molecule has 2 aliphatic rings. The van der Waals surface area contributed by atoms with Crippen molar-refractivity contribution < 1.29 is 4.79 Å². The number of allylic oxidation sites excluding steroid dienone is 1. The van der Waals surface area contributed by atoms with E-state index in [1.54, 1.807) is 0 Å². The van der Waals surface area contributed by atoms with Crippen LogP contribution >= 0.6 is 0 Å². The zero-order valence-corrected chi connectivity index (χ0v) is 14.6. The van der Waals surface area contributed by atoms with Crippen LogP contribution in [0.15, 0.2) is 12.7 Å². The van der Waals surface area contributed by atoms with Crippen LogP contribution in [0.1, 0.15) is 83.5 Å². The van der Waals surface area contributed by atoms with Crippen molar-refractivity contribution in [2.45, 2.75) is 95.6 Å². The molecule has 2 heteroatoms. The average Bonchev–Trinajstić information content (AvgIpc) is 2.49. The summed E-state index contributed by atoms with van der Waals surface area (Å²) in [6.45, 7) is 3.76. The third-order valence-electron chi connectivity index (χ3n) is 5.88. The van der Waals surface area contributed by atoms with E-state index in [0.29, 0.717) is 23.8 Å². The molecule has 2 nitrogen and oxygen atoms in total. The van der Waals surface area contributed by atoms with Crippen molar-refractivity contribution in [3.8, 4) is 0 Å². The molecule has 2 saturated heterocycles. The summed E-state index contributed by atoms with van der Waals surface area (Å²) in [5.41, 5.74) is 0. The van der Waals surface area contributed by atoms with Crippen molar-refractivity contribution in [2.24, 2.45) is 5.92 Å². The van der Waals surface area contributed by atoms with E-state index in [0.717, 1.165) is 32.1 Å². The van der Waals surface area contributed by atoms with Crippen molar-refractivity contribution in [1.29, 1.82) is 0 Å². The van der Waals surface area contributed by atoms with Crippen LogP contribution in [-0.2, 0) is 4.79 Å². The van der Waals surface area contributed by atoms with Gasteiger partial charge in [0.15, 0.2) is 0 Å². The topological polar surface area (TPSA) is 20.3 Å². The Kier molecular flexibility index (Phi) is 7.65. The monoisotopic (exact) mass is 305 g/mol. The van der Waals surface area contributed by atoms with Crippen LogP contribution in [0.5, 0.6) is 0 Å². The van der Waals surface area contributed by atoms with Crippen molar-refractivity contribution in [3.05, 3.63) is 12.7 Å². The number of rotatable bonds is 10. The van der Waals surface area contributed by atoms with E-state index in [1.807, 2.05) is 6.08 Å². The average molecular weight is 306 g/mol. The zero-order chi connectivity index (χ0) is 15.8. The van der Waals surface area contributed by atoms with E-state index in [9.17, 15) is 4.79 Å². The highest BCUT2D eigenvalue weighted by atomic mass is 16.1. The van der Waals surface area contributed by atoms with Gasteiger partial charge in [-0.1, -0.05) is 38.2 Å². The number of hydrogen-bond donors (Lipinski definition) is 0. The molecule has 2 bridgehead atoms. The molecule has 0 aromatic rings. The van der Waals surface area contributed by atoms with Crippen LogP contribution in [0, 0.1) is 5.92 Å². The minimum atomic E-state index is 0.374. The molecule has 22 heavy (non-hydrogen) atoms. The van der Waals surface area contributed by atoms with E-state index in [4.69, 9.17) is 0 Å². The fourth-order valence-corrected chi connectivity index (χ4v) is 4.38. The fraction of sp³-hybridized carbons (Fsp3) is 0.850. The molecule has 0 spiro atoms. The van der Waals surface area contributed by atoms with Gasteiger partial charge >= 0.3 is 0 Å². The Balaban J connectivity index is 1.57. The van der Waals surface area contributed by atoms with E-state index in [-0.39, 0.29) is 0 Å². The second-order valence-electron chi connectivity index (χ2n) is 7.49. The fourth-order valence-electron chi connectivity index (χ4n) is 4.38. The number of piperidine rings is 2. The molecule has 0 saturated carbocycles. The molecule has 2 atom stereocenters. The maximum atomic E-state index is 12.5. The predicted octanol–water partition coefficient (Wildman–Crippen LogP) is 5.13. The highest BCUT2D eigenvalue weighted by Crippen LogP contribution is 2.36. The standard InChI is InChI=1S/C20H35NO/c1-3-4-5-6-7-8-9-10-14-20(22)17-15-18-12-11-13-19(16-17)21(18)2/h3,17-19H,1,4-16H2,2H3. The largest absolute Gasteiger partial charge is 0.300 e. The highest BCUT2D eigenvalue weighted by molar-refractivity contribution is 5.81. The quantitative estimate of drug-likeness (QED) is 0.412. The van der Waals surface area contributed by atoms with Crippen LogP contribution in [0.25, 0.3) is 0 Å². The van der Waals surface area contributed by atoms with Crippen LogP contribution in [0.2, 0.25) is 0 Å². The summed E-state index contributed by atoms with van der Waals surface area (Å²) in [6.07, 6.45) is 17.8. The van der Waals surface area contributed by atoms with Crippen LogP contribution in [0.4, 0.5) is 0 Å². The van der Waals surface area contributed by atoms with E-state index in [2.05, 4.69) is 18.5 Å². The van der Waals surface area contributed by atoms with E-state index in [1.165, 1.54) is 51.4 Å². The molecule has 2 aliphatic heterocycles. The Morgan fingerprint density at radius 3 is 2.27 bits per heavy atom. The van der Waals surface area contributed by atoms with Crippen molar-refractivity contribution in [2.75, 3.05) is 7.05 Å². The van der Waals surface area contributed by atoms with Gasteiger partial charge in [0.2, 0.25) is 0 Å². The predicted molar refractivity (Wildman–Crippen MR) is 94.1 cm³/mol. The summed E-state index contributed by atoms with van der Waals surface area (Å²) in [6, 6.07) is 1.37. The number of Topliss-reactive ketones (excluding diaryl/α,β-unsaturated/α-hetero) is 1. The number of carbonyl (C=O) groups is 1. The summed E-state index contributed by atoms with van der Waals surface area (Å²) in [5.74, 6) is 0.941. The summed E-state index contributed by atoms with van der Waals surface area (Å²) < 4.78 is 0. The summed E-state index contributed by atoms with van der Waals surface area (Å²) >= 11 is 0. The van der Waals surface area contributed by atoms with Crippen LogP contribution in [-0.4, -0.2) is 29.8 Å². The van der Waals surface area contributed by atoms with Gasteiger partial charge in [0.25, 0.3) is 0 Å². The summed E-state index contributed by atoms with van der Waals surface area (Å²) in [7, 11) is 2.27. The first-order chi connectivity index (χ1) is 10.7. The zero-order valence-electron chi connectivity index (χ0n) is 14.6. The number of unbranched alkanes of at least 4 members (excludes halogenated alkanes) is 6. The molecular weight excluding hydrogens is 270 g/mol. The van der Waals surface area contributed by atoms with Gasteiger partial charge in [-0.25, -0.2) is 0 Å². The second kappa shape index (κ2) is 9.50. The van der Waals surface area contributed by atoms with Gasteiger partial charge in [0.05, 0.1) is 0 Å². The lowest BCUT2D eigenvalue weighted by Gasteiger charge is -2.46. The molecular formula is C20H35NO. The second-order valence-corrected chi connectivity index (χ2v) is 7.49. The molecule has 126 valence electrons. The Bertz CT molecular complexity index is 338. The SMILES string of the molecule is C=CCCCCCCCCC(=O)C1CC2CCCC(C1)N2C. The molecule has 0 radical (unpaired) electrons. The molecule has 2 fully saturated rings. The first kappa shape index (κ1) is 17.7. The normalized spacial score (nSPS) is 28.5. The van der Waals surface area contributed by atoms with Crippen molar-refractivity contribution in [3.63, 3.8) is 0 Å². The van der Waals surface area contributed by atoms with Crippen LogP contribution < -0.4 is 0 Å². The minimum absolute atomic E-state index is 0.374. The minimum Gasteiger partial charge on any atom is -0.300 e. The molecule has 0 aromatic heterocycles. The maximum absolute atomic E-state index is 12.5. The molecule has 0 aliphatic carbocycles. The van der Waals surface area contributed by atoms with Crippen molar-refractivity contribution >= 4 is 5.78 Å². The number of carbonyl (C=O) groups excluding carboxylic acids is 1. The lowest BCUT2D eigenvalue weighted by molar-refractivity contribution is -0.126. The van der Waals surface area contributed by atoms with Crippen molar-refractivity contribution in [1.82, 2.24) is 4.90 Å². The third kappa shape index (κ3) is 5.22. The lowest BCUT2D eigenvalue weighted by Crippen LogP contribution is -2.51. The third-order valence-corrected chi connectivity index (χ3v) is 5.88. The Morgan fingerprint density at radius 2 is 1.64 bits per heavy atom. The van der Waals surface area contributed by atoms with E-state index < -0.39 is 0 Å². The number of fused-ring (bicyclic) bond motifs is 2. The number of nitrogens with zero attached hydrogens (tertiary/aromatic N) is 1. The first-order valence-electron chi connectivity index (χ1n) is 9.58. The highest BCUT2D eigenvalue weighted by Gasteiger charge is 2.38. The number of hydrogen-bond acceptors (Lipinski definition) is 2. The molecule has 0 amide bonds. The molecule has 0 aromatic carbocycles. The lowest BCUT2D eigenvalue weighted by atomic mass is 9.76. The van der Waals surface area contributed by atoms with Gasteiger partial charge in [-0.3, -0.25) is 4.79 Å². The van der Waals surface area contributed by atoms with Gasteiger partial charge < -0.3 is 4.90 Å². The van der Waals surface area contributed by atoms with Gasteiger partial charge in [-0.15, -0.1) is 6.58 Å². The smallest absolute Gasteiger partial charge is 0.136 e. The van der Waals surface area contributed by atoms with Gasteiger partial charge in [-0.2, -0.15) is 0 Å². The summed E-state index contributed by atoms with van der Waals surface area (Å²) in [4.78, 5) is 15.0. The molecule has 0 N–H and O–H groups in total. The number of ketones is 1. The molecule has 2 heterocycles. The molecule has 2 rings (SSSR count). The Hall–Kier alpha value is -0.630. The summed E-state index contributed by atoms with van der Waals surface area (Å²) in [5, 5.41) is 0. The molecule has 2 unspecified atom stereocenters.